The van der Waals surface area contributed by atoms with Crippen molar-refractivity contribution >= 4 is 23.8 Å². The molecule has 0 aromatic heterocycles. The van der Waals surface area contributed by atoms with Crippen LogP contribution in [-0.2, 0) is 0 Å². The molecule has 1 unspecified atom stereocenters. The zero-order valence-corrected chi connectivity index (χ0v) is 10.4. The van der Waals surface area contributed by atoms with Gasteiger partial charge in [-0.1, -0.05) is 54.6 Å². The molecule has 1 aliphatic rings. The molecule has 0 amide bonds. The quantitative estimate of drug-likeness (QED) is 0.791. The number of ketones is 1. The predicted molar refractivity (Wildman–Crippen MR) is 77.9 cm³/mol. The van der Waals surface area contributed by atoms with Crippen LogP contribution < -0.4 is 0 Å². The minimum atomic E-state index is -0.268. The first-order chi connectivity index (χ1) is 9.34. The lowest BCUT2D eigenvalue weighted by atomic mass is 9.94. The zero-order valence-electron chi connectivity index (χ0n) is 10.4. The Balaban J connectivity index is 1.86. The maximum absolute atomic E-state index is 12.3. The third-order valence-corrected chi connectivity index (χ3v) is 3.14. The minimum absolute atomic E-state index is 0.109. The molecule has 0 saturated carbocycles. The SMILES string of the molecule is O=C1c2ccccc2N=CC1/C=C/c1ccccc1. The Labute approximate surface area is 112 Å². The summed E-state index contributed by atoms with van der Waals surface area (Å²) in [6.07, 6.45) is 5.57. The molecule has 2 aromatic rings. The summed E-state index contributed by atoms with van der Waals surface area (Å²) in [5.41, 5.74) is 2.55. The van der Waals surface area contributed by atoms with E-state index >= 15 is 0 Å². The molecule has 92 valence electrons. The van der Waals surface area contributed by atoms with Crippen molar-refractivity contribution in [2.45, 2.75) is 0 Å². The van der Waals surface area contributed by atoms with E-state index in [-0.39, 0.29) is 11.7 Å². The largest absolute Gasteiger partial charge is 0.293 e. The lowest BCUT2D eigenvalue weighted by molar-refractivity contribution is 0.0973. The summed E-state index contributed by atoms with van der Waals surface area (Å²) in [5.74, 6) is -0.159. The predicted octanol–water partition coefficient (Wildman–Crippen LogP) is 3.91. The minimum Gasteiger partial charge on any atom is -0.293 e. The molecular formula is C17H13NO. The van der Waals surface area contributed by atoms with Gasteiger partial charge in [0.2, 0.25) is 0 Å². The molecule has 1 aliphatic heterocycles. The molecule has 3 rings (SSSR count). The molecule has 0 N–H and O–H groups in total. The van der Waals surface area contributed by atoms with Crippen LogP contribution in [0.1, 0.15) is 15.9 Å². The highest BCUT2D eigenvalue weighted by molar-refractivity contribution is 6.13. The molecule has 0 spiro atoms. The van der Waals surface area contributed by atoms with Crippen molar-refractivity contribution in [3.63, 3.8) is 0 Å². The van der Waals surface area contributed by atoms with Crippen molar-refractivity contribution in [2.24, 2.45) is 10.9 Å². The van der Waals surface area contributed by atoms with Gasteiger partial charge in [-0.3, -0.25) is 9.79 Å². The van der Waals surface area contributed by atoms with Crippen LogP contribution in [0.4, 0.5) is 5.69 Å². The van der Waals surface area contributed by atoms with Gasteiger partial charge in [-0.05, 0) is 17.7 Å². The van der Waals surface area contributed by atoms with Crippen LogP contribution in [0.2, 0.25) is 0 Å². The molecule has 0 fully saturated rings. The molecule has 2 aromatic carbocycles. The Morgan fingerprint density at radius 3 is 2.53 bits per heavy atom. The molecular weight excluding hydrogens is 234 g/mol. The first kappa shape index (κ1) is 11.6. The van der Waals surface area contributed by atoms with Crippen LogP contribution in [-0.4, -0.2) is 12.0 Å². The number of aliphatic imine (C=N–C) groups is 1. The highest BCUT2D eigenvalue weighted by atomic mass is 16.1. The summed E-state index contributed by atoms with van der Waals surface area (Å²) in [6.45, 7) is 0. The molecule has 0 radical (unpaired) electrons. The smallest absolute Gasteiger partial charge is 0.177 e. The van der Waals surface area contributed by atoms with Gasteiger partial charge in [0.25, 0.3) is 0 Å². The number of Topliss-reactive ketones (excluding diaryl/α,β-unsaturated/α-hetero) is 1. The van der Waals surface area contributed by atoms with Gasteiger partial charge in [0.1, 0.15) is 0 Å². The van der Waals surface area contributed by atoms with Crippen molar-refractivity contribution in [3.05, 3.63) is 71.8 Å². The lowest BCUT2D eigenvalue weighted by Crippen LogP contribution is -2.17. The second kappa shape index (κ2) is 5.02. The molecule has 2 nitrogen and oxygen atoms in total. The number of allylic oxidation sites excluding steroid dienone is 1. The van der Waals surface area contributed by atoms with E-state index in [9.17, 15) is 4.79 Å². The molecule has 1 atom stereocenters. The standard InChI is InChI=1S/C17H13NO/c19-17-14(11-10-13-6-2-1-3-7-13)12-18-16-9-5-4-8-15(16)17/h1-12,14H/b11-10+. The van der Waals surface area contributed by atoms with Gasteiger partial charge >= 0.3 is 0 Å². The van der Waals surface area contributed by atoms with Crippen LogP contribution in [0.5, 0.6) is 0 Å². The fraction of sp³-hybridized carbons (Fsp3) is 0.0588. The highest BCUT2D eigenvalue weighted by Crippen LogP contribution is 2.26. The van der Waals surface area contributed by atoms with Crippen molar-refractivity contribution in [3.8, 4) is 0 Å². The first-order valence-electron chi connectivity index (χ1n) is 6.25. The van der Waals surface area contributed by atoms with Crippen LogP contribution in [0.3, 0.4) is 0 Å². The first-order valence-corrected chi connectivity index (χ1v) is 6.25. The second-order valence-corrected chi connectivity index (χ2v) is 4.46. The van der Waals surface area contributed by atoms with E-state index in [0.29, 0.717) is 5.56 Å². The number of hydrogen-bond acceptors (Lipinski definition) is 2. The summed E-state index contributed by atoms with van der Waals surface area (Å²) in [6, 6.07) is 17.4. The Morgan fingerprint density at radius 2 is 1.68 bits per heavy atom. The Bertz CT molecular complexity index is 656. The van der Waals surface area contributed by atoms with Gasteiger partial charge in [0, 0.05) is 11.8 Å². The maximum atomic E-state index is 12.3. The van der Waals surface area contributed by atoms with Gasteiger partial charge in [0.05, 0.1) is 11.6 Å². The zero-order chi connectivity index (χ0) is 13.1. The number of hydrogen-bond donors (Lipinski definition) is 0. The number of benzene rings is 2. The van der Waals surface area contributed by atoms with Gasteiger partial charge in [-0.25, -0.2) is 0 Å². The maximum Gasteiger partial charge on any atom is 0.177 e. The molecule has 1 heterocycles. The van der Waals surface area contributed by atoms with Crippen molar-refractivity contribution in [2.75, 3.05) is 0 Å². The Hall–Kier alpha value is -2.48. The van der Waals surface area contributed by atoms with Crippen molar-refractivity contribution < 1.29 is 4.79 Å². The molecule has 2 heteroatoms. The fourth-order valence-electron chi connectivity index (χ4n) is 2.12. The van der Waals surface area contributed by atoms with E-state index in [1.54, 1.807) is 6.21 Å². The number of para-hydroxylation sites is 1. The summed E-state index contributed by atoms with van der Waals surface area (Å²) in [4.78, 5) is 16.6. The molecule has 0 saturated heterocycles. The number of nitrogens with zero attached hydrogens (tertiary/aromatic N) is 1. The third kappa shape index (κ3) is 2.38. The number of carbonyl (C=O) groups is 1. The highest BCUT2D eigenvalue weighted by Gasteiger charge is 2.21. The van der Waals surface area contributed by atoms with E-state index in [4.69, 9.17) is 0 Å². The summed E-state index contributed by atoms with van der Waals surface area (Å²) < 4.78 is 0. The van der Waals surface area contributed by atoms with Crippen LogP contribution in [0.15, 0.2) is 65.7 Å². The third-order valence-electron chi connectivity index (χ3n) is 3.14. The Morgan fingerprint density at radius 1 is 0.947 bits per heavy atom. The van der Waals surface area contributed by atoms with Gasteiger partial charge in [-0.2, -0.15) is 0 Å². The van der Waals surface area contributed by atoms with E-state index in [1.165, 1.54) is 0 Å². The summed E-state index contributed by atoms with van der Waals surface area (Å²) in [7, 11) is 0. The van der Waals surface area contributed by atoms with Gasteiger partial charge in [-0.15, -0.1) is 0 Å². The van der Waals surface area contributed by atoms with Crippen LogP contribution >= 0.6 is 0 Å². The average Bonchev–Trinajstić information content (AvgIpc) is 2.48. The van der Waals surface area contributed by atoms with E-state index in [0.717, 1.165) is 11.3 Å². The Kier molecular flexibility index (Phi) is 3.07. The lowest BCUT2D eigenvalue weighted by Gasteiger charge is -2.13. The normalized spacial score (nSPS) is 17.7. The van der Waals surface area contributed by atoms with Crippen molar-refractivity contribution in [1.82, 2.24) is 0 Å². The molecule has 19 heavy (non-hydrogen) atoms. The van der Waals surface area contributed by atoms with Crippen LogP contribution in [0.25, 0.3) is 6.08 Å². The van der Waals surface area contributed by atoms with Gasteiger partial charge < -0.3 is 0 Å². The summed E-state index contributed by atoms with van der Waals surface area (Å²) >= 11 is 0. The summed E-state index contributed by atoms with van der Waals surface area (Å²) in [5, 5.41) is 0. The van der Waals surface area contributed by atoms with Crippen molar-refractivity contribution in [1.29, 1.82) is 0 Å². The van der Waals surface area contributed by atoms with Crippen LogP contribution in [0, 0.1) is 5.92 Å². The average molecular weight is 247 g/mol. The fourth-order valence-corrected chi connectivity index (χ4v) is 2.12. The molecule has 0 aliphatic carbocycles. The number of fused-ring (bicyclic) bond motifs is 1. The van der Waals surface area contributed by atoms with E-state index in [2.05, 4.69) is 4.99 Å². The van der Waals surface area contributed by atoms with Gasteiger partial charge in [0.15, 0.2) is 5.78 Å². The number of carbonyl (C=O) groups excluding carboxylic acids is 1. The van der Waals surface area contributed by atoms with E-state index in [1.807, 2.05) is 66.7 Å². The monoisotopic (exact) mass is 247 g/mol. The number of rotatable bonds is 2. The molecule has 0 bridgehead atoms. The second-order valence-electron chi connectivity index (χ2n) is 4.46. The topological polar surface area (TPSA) is 29.4 Å². The van der Waals surface area contributed by atoms with E-state index < -0.39 is 0 Å².